The van der Waals surface area contributed by atoms with E-state index in [1.165, 1.54) is 0 Å². The van der Waals surface area contributed by atoms with Gasteiger partial charge in [0.1, 0.15) is 6.61 Å². The molecule has 108 valence electrons. The Morgan fingerprint density at radius 2 is 2.05 bits per heavy atom. The Labute approximate surface area is 119 Å². The molecule has 1 saturated carbocycles. The molecule has 4 nitrogen and oxygen atoms in total. The number of aliphatic hydroxyl groups excluding tert-OH is 1. The predicted molar refractivity (Wildman–Crippen MR) is 75.0 cm³/mol. The topological polar surface area (TPSA) is 49.8 Å². The molecule has 1 N–H and O–H groups in total. The molecule has 3 atom stereocenters. The van der Waals surface area contributed by atoms with Crippen molar-refractivity contribution >= 4 is 6.09 Å². The van der Waals surface area contributed by atoms with E-state index in [2.05, 4.69) is 0 Å². The third-order valence-corrected chi connectivity index (χ3v) is 4.60. The molecule has 1 heterocycles. The van der Waals surface area contributed by atoms with Crippen molar-refractivity contribution in [3.05, 3.63) is 35.9 Å². The van der Waals surface area contributed by atoms with Crippen molar-refractivity contribution < 1.29 is 14.6 Å². The molecule has 0 unspecified atom stereocenters. The molecule has 0 spiro atoms. The normalized spacial score (nSPS) is 29.1. The number of carbonyl (C=O) groups is 1. The van der Waals surface area contributed by atoms with Gasteiger partial charge in [0.15, 0.2) is 0 Å². The van der Waals surface area contributed by atoms with Crippen molar-refractivity contribution in [2.45, 2.75) is 32.0 Å². The lowest BCUT2D eigenvalue weighted by Gasteiger charge is -2.35. The highest BCUT2D eigenvalue weighted by molar-refractivity contribution is 5.67. The van der Waals surface area contributed by atoms with Crippen LogP contribution in [0.15, 0.2) is 30.3 Å². The quantitative estimate of drug-likeness (QED) is 0.901. The summed E-state index contributed by atoms with van der Waals surface area (Å²) in [6.45, 7) is 1.70. The first-order valence-electron chi connectivity index (χ1n) is 7.38. The van der Waals surface area contributed by atoms with E-state index in [9.17, 15) is 9.90 Å². The van der Waals surface area contributed by atoms with E-state index in [0.717, 1.165) is 31.4 Å². The minimum atomic E-state index is -0.258. The van der Waals surface area contributed by atoms with Crippen LogP contribution in [-0.4, -0.2) is 35.3 Å². The van der Waals surface area contributed by atoms with Crippen LogP contribution in [0.5, 0.6) is 0 Å². The smallest absolute Gasteiger partial charge is 0.410 e. The Hall–Kier alpha value is -1.55. The average molecular weight is 275 g/mol. The fourth-order valence-electron chi connectivity index (χ4n) is 3.40. The fraction of sp³-hybridized carbons (Fsp3) is 0.562. The first kappa shape index (κ1) is 13.4. The second-order valence-electron chi connectivity index (χ2n) is 5.84. The number of benzene rings is 1. The molecule has 1 aromatic carbocycles. The molecular weight excluding hydrogens is 254 g/mol. The molecular formula is C16H21NO3. The summed E-state index contributed by atoms with van der Waals surface area (Å²) < 4.78 is 5.36. The molecule has 3 rings (SSSR count). The Morgan fingerprint density at radius 3 is 2.85 bits per heavy atom. The summed E-state index contributed by atoms with van der Waals surface area (Å²) in [6, 6.07) is 9.70. The number of hydrogen-bond acceptors (Lipinski definition) is 3. The fourth-order valence-corrected chi connectivity index (χ4v) is 3.40. The van der Waals surface area contributed by atoms with Crippen molar-refractivity contribution in [2.75, 3.05) is 13.1 Å². The number of aliphatic hydroxyl groups is 1. The Morgan fingerprint density at radius 1 is 1.25 bits per heavy atom. The number of nitrogens with zero attached hydrogens (tertiary/aromatic N) is 1. The monoisotopic (exact) mass is 275 g/mol. The van der Waals surface area contributed by atoms with E-state index >= 15 is 0 Å². The van der Waals surface area contributed by atoms with Crippen LogP contribution in [0, 0.1) is 11.8 Å². The van der Waals surface area contributed by atoms with Crippen molar-refractivity contribution in [2.24, 2.45) is 11.8 Å². The van der Waals surface area contributed by atoms with Crippen LogP contribution in [0.2, 0.25) is 0 Å². The van der Waals surface area contributed by atoms with E-state index in [1.807, 2.05) is 30.3 Å². The third-order valence-electron chi connectivity index (χ3n) is 4.60. The van der Waals surface area contributed by atoms with Crippen molar-refractivity contribution in [3.8, 4) is 0 Å². The maximum atomic E-state index is 12.1. The zero-order chi connectivity index (χ0) is 13.9. The van der Waals surface area contributed by atoms with E-state index in [-0.39, 0.29) is 18.1 Å². The molecule has 4 heteroatoms. The predicted octanol–water partition coefficient (Wildman–Crippen LogP) is 2.42. The van der Waals surface area contributed by atoms with Crippen molar-refractivity contribution in [3.63, 3.8) is 0 Å². The van der Waals surface area contributed by atoms with Gasteiger partial charge in [-0.05, 0) is 30.7 Å². The molecule has 1 aliphatic carbocycles. The molecule has 20 heavy (non-hydrogen) atoms. The maximum Gasteiger partial charge on any atom is 0.410 e. The summed E-state index contributed by atoms with van der Waals surface area (Å²) in [5, 5.41) is 9.95. The molecule has 1 amide bonds. The van der Waals surface area contributed by atoms with Gasteiger partial charge in [-0.25, -0.2) is 4.79 Å². The minimum absolute atomic E-state index is 0.244. The van der Waals surface area contributed by atoms with E-state index < -0.39 is 0 Å². The first-order chi connectivity index (χ1) is 9.74. The highest BCUT2D eigenvalue weighted by Crippen LogP contribution is 2.38. The summed E-state index contributed by atoms with van der Waals surface area (Å²) >= 11 is 0. The summed E-state index contributed by atoms with van der Waals surface area (Å²) in [5.41, 5.74) is 0.997. The van der Waals surface area contributed by atoms with Gasteiger partial charge in [-0.3, -0.25) is 0 Å². The van der Waals surface area contributed by atoms with Gasteiger partial charge in [-0.2, -0.15) is 0 Å². The third kappa shape index (κ3) is 2.80. The maximum absolute atomic E-state index is 12.1. The van der Waals surface area contributed by atoms with Crippen LogP contribution in [0.3, 0.4) is 0 Å². The zero-order valence-electron chi connectivity index (χ0n) is 11.6. The Kier molecular flexibility index (Phi) is 3.92. The summed E-state index contributed by atoms with van der Waals surface area (Å²) in [5.74, 6) is 0.830. The Bertz CT molecular complexity index is 462. The van der Waals surface area contributed by atoms with Gasteiger partial charge in [0, 0.05) is 19.0 Å². The molecule has 1 aromatic rings. The van der Waals surface area contributed by atoms with Gasteiger partial charge >= 0.3 is 6.09 Å². The number of piperidine rings is 1. The highest BCUT2D eigenvalue weighted by atomic mass is 16.6. The lowest BCUT2D eigenvalue weighted by Crippen LogP contribution is -2.45. The van der Waals surface area contributed by atoms with E-state index in [0.29, 0.717) is 19.1 Å². The van der Waals surface area contributed by atoms with E-state index in [4.69, 9.17) is 4.74 Å². The van der Waals surface area contributed by atoms with Crippen molar-refractivity contribution in [1.82, 2.24) is 4.90 Å². The van der Waals surface area contributed by atoms with Gasteiger partial charge in [0.2, 0.25) is 0 Å². The molecule has 0 radical (unpaired) electrons. The SMILES string of the molecule is O=C(OCc1ccccc1)N1CC[C@H]2CC[C@H](O)[C@H]2C1. The van der Waals surface area contributed by atoms with Crippen LogP contribution in [0.4, 0.5) is 4.79 Å². The lowest BCUT2D eigenvalue weighted by atomic mass is 9.88. The van der Waals surface area contributed by atoms with Crippen LogP contribution >= 0.6 is 0 Å². The summed E-state index contributed by atoms with van der Waals surface area (Å²) in [6.07, 6.45) is 2.46. The molecule has 1 aliphatic heterocycles. The largest absolute Gasteiger partial charge is 0.445 e. The number of ether oxygens (including phenoxy) is 1. The second kappa shape index (κ2) is 5.83. The lowest BCUT2D eigenvalue weighted by molar-refractivity contribution is 0.0387. The average Bonchev–Trinajstić information content (AvgIpc) is 2.87. The number of rotatable bonds is 2. The van der Waals surface area contributed by atoms with Gasteiger partial charge in [-0.1, -0.05) is 30.3 Å². The molecule has 2 aliphatic rings. The number of amides is 1. The Balaban J connectivity index is 1.53. The standard InChI is InChI=1S/C16H21NO3/c18-15-7-6-13-8-9-17(10-14(13)15)16(19)20-11-12-4-2-1-3-5-12/h1-5,13-15,18H,6-11H2/t13-,14+,15+/m1/s1. The number of carbonyl (C=O) groups excluding carboxylic acids is 1. The second-order valence-corrected chi connectivity index (χ2v) is 5.84. The van der Waals surface area contributed by atoms with Crippen LogP contribution in [0.1, 0.15) is 24.8 Å². The van der Waals surface area contributed by atoms with Gasteiger partial charge < -0.3 is 14.7 Å². The summed E-state index contributed by atoms with van der Waals surface area (Å²) in [7, 11) is 0. The summed E-state index contributed by atoms with van der Waals surface area (Å²) in [4.78, 5) is 13.8. The number of likely N-dealkylation sites (tertiary alicyclic amines) is 1. The molecule has 1 saturated heterocycles. The van der Waals surface area contributed by atoms with Crippen LogP contribution in [0.25, 0.3) is 0 Å². The van der Waals surface area contributed by atoms with Gasteiger partial charge in [-0.15, -0.1) is 0 Å². The van der Waals surface area contributed by atoms with Crippen LogP contribution < -0.4 is 0 Å². The van der Waals surface area contributed by atoms with E-state index in [1.54, 1.807) is 4.90 Å². The van der Waals surface area contributed by atoms with Gasteiger partial charge in [0.25, 0.3) is 0 Å². The molecule has 0 aromatic heterocycles. The molecule has 2 fully saturated rings. The van der Waals surface area contributed by atoms with Gasteiger partial charge in [0.05, 0.1) is 6.10 Å². The zero-order valence-corrected chi connectivity index (χ0v) is 11.6. The number of fused-ring (bicyclic) bond motifs is 1. The first-order valence-corrected chi connectivity index (χ1v) is 7.38. The van der Waals surface area contributed by atoms with Crippen molar-refractivity contribution in [1.29, 1.82) is 0 Å². The molecule has 0 bridgehead atoms. The van der Waals surface area contributed by atoms with Crippen LogP contribution in [-0.2, 0) is 11.3 Å². The highest BCUT2D eigenvalue weighted by Gasteiger charge is 2.40. The minimum Gasteiger partial charge on any atom is -0.445 e. The number of hydrogen-bond donors (Lipinski definition) is 1.